The van der Waals surface area contributed by atoms with Gasteiger partial charge in [0.05, 0.1) is 6.54 Å². The molecule has 0 bridgehead atoms. The number of carboxylic acids is 1. The molecular weight excluding hydrogens is 248 g/mol. The monoisotopic (exact) mass is 266 g/mol. The van der Waals surface area contributed by atoms with Crippen LogP contribution in [0.2, 0.25) is 0 Å². The average Bonchev–Trinajstić information content (AvgIpc) is 2.42. The fraction of sp³-hybridized carbons (Fsp3) is 0.385. The fourth-order valence-electron chi connectivity index (χ4n) is 1.51. The van der Waals surface area contributed by atoms with Gasteiger partial charge in [0.25, 0.3) is 0 Å². The summed E-state index contributed by atoms with van der Waals surface area (Å²) in [6, 6.07) is 9.07. The fourth-order valence-corrected chi connectivity index (χ4v) is 1.51. The lowest BCUT2D eigenvalue weighted by Gasteiger charge is -2.22. The number of rotatable bonds is 6. The Morgan fingerprint density at radius 2 is 1.95 bits per heavy atom. The number of hydrogen-bond donors (Lipinski definition) is 3. The minimum Gasteiger partial charge on any atom is -0.479 e. The van der Waals surface area contributed by atoms with Gasteiger partial charge in [-0.15, -0.1) is 0 Å². The summed E-state index contributed by atoms with van der Waals surface area (Å²) < 4.78 is 0. The third-order valence-corrected chi connectivity index (χ3v) is 2.62. The van der Waals surface area contributed by atoms with E-state index in [1.807, 2.05) is 37.3 Å². The molecule has 0 radical (unpaired) electrons. The molecule has 6 heteroatoms. The van der Waals surface area contributed by atoms with Crippen LogP contribution in [0.5, 0.6) is 0 Å². The number of aliphatic hydroxyl groups is 1. The van der Waals surface area contributed by atoms with Gasteiger partial charge in [-0.2, -0.15) is 0 Å². The zero-order valence-electron chi connectivity index (χ0n) is 10.7. The summed E-state index contributed by atoms with van der Waals surface area (Å²) in [4.78, 5) is 23.8. The number of hydrogen-bond acceptors (Lipinski definition) is 3. The predicted octanol–water partition coefficient (Wildman–Crippen LogP) is 0.664. The van der Waals surface area contributed by atoms with E-state index in [-0.39, 0.29) is 6.54 Å². The van der Waals surface area contributed by atoms with E-state index in [9.17, 15) is 9.59 Å². The summed E-state index contributed by atoms with van der Waals surface area (Å²) in [5, 5.41) is 20.0. The first-order chi connectivity index (χ1) is 9.04. The lowest BCUT2D eigenvalue weighted by Crippen LogP contribution is -2.44. The smallest absolute Gasteiger partial charge is 0.334 e. The number of urea groups is 1. The van der Waals surface area contributed by atoms with Gasteiger partial charge in [-0.3, -0.25) is 0 Å². The first kappa shape index (κ1) is 15.0. The molecule has 0 aliphatic carbocycles. The Morgan fingerprint density at radius 3 is 2.47 bits per heavy atom. The maximum Gasteiger partial charge on any atom is 0.334 e. The number of amides is 2. The number of aliphatic hydroxyl groups excluding tert-OH is 1. The molecule has 3 N–H and O–H groups in total. The summed E-state index contributed by atoms with van der Waals surface area (Å²) in [5.74, 6) is -1.36. The number of nitrogens with zero attached hydrogens (tertiary/aromatic N) is 1. The molecule has 1 aromatic carbocycles. The van der Waals surface area contributed by atoms with Crippen LogP contribution in [0.25, 0.3) is 0 Å². The van der Waals surface area contributed by atoms with Gasteiger partial charge in [0, 0.05) is 13.1 Å². The zero-order valence-corrected chi connectivity index (χ0v) is 10.7. The van der Waals surface area contributed by atoms with Crippen molar-refractivity contribution >= 4 is 12.0 Å². The number of aliphatic carboxylic acids is 1. The maximum absolute atomic E-state index is 11.8. The minimum absolute atomic E-state index is 0.306. The van der Waals surface area contributed by atoms with Crippen molar-refractivity contribution in [2.24, 2.45) is 0 Å². The molecule has 0 spiro atoms. The van der Waals surface area contributed by atoms with Gasteiger partial charge < -0.3 is 20.4 Å². The lowest BCUT2D eigenvalue weighted by atomic mass is 10.2. The van der Waals surface area contributed by atoms with Gasteiger partial charge in [0.1, 0.15) is 0 Å². The predicted molar refractivity (Wildman–Crippen MR) is 69.6 cm³/mol. The van der Waals surface area contributed by atoms with Crippen LogP contribution in [0.3, 0.4) is 0 Å². The minimum atomic E-state index is -1.58. The Kier molecular flexibility index (Phi) is 5.81. The van der Waals surface area contributed by atoms with E-state index in [4.69, 9.17) is 10.2 Å². The lowest BCUT2D eigenvalue weighted by molar-refractivity contribution is -0.146. The van der Waals surface area contributed by atoms with Gasteiger partial charge in [0.15, 0.2) is 6.10 Å². The highest BCUT2D eigenvalue weighted by atomic mass is 16.4. The molecular formula is C13H18N2O4. The molecule has 104 valence electrons. The molecule has 0 aromatic heterocycles. The molecule has 0 saturated heterocycles. The molecule has 1 atom stereocenters. The van der Waals surface area contributed by atoms with E-state index < -0.39 is 18.1 Å². The van der Waals surface area contributed by atoms with Crippen LogP contribution >= 0.6 is 0 Å². The number of carboxylic acid groups (broad SMARTS) is 1. The molecule has 2 amide bonds. The van der Waals surface area contributed by atoms with Crippen molar-refractivity contribution in [3.8, 4) is 0 Å². The van der Waals surface area contributed by atoms with Crippen molar-refractivity contribution in [3.05, 3.63) is 35.9 Å². The quantitative estimate of drug-likeness (QED) is 0.705. The van der Waals surface area contributed by atoms with Crippen molar-refractivity contribution in [3.63, 3.8) is 0 Å². The SMILES string of the molecule is CCN(Cc1ccccc1)C(=O)NC[C@H](O)C(=O)O. The van der Waals surface area contributed by atoms with Crippen LogP contribution in [-0.4, -0.2) is 46.3 Å². The van der Waals surface area contributed by atoms with Gasteiger partial charge in [0.2, 0.25) is 0 Å². The summed E-state index contributed by atoms with van der Waals surface area (Å²) in [6.07, 6.45) is -1.58. The Bertz CT molecular complexity index is 422. The second-order valence-electron chi connectivity index (χ2n) is 4.04. The Labute approximate surface area is 111 Å². The first-order valence-electron chi connectivity index (χ1n) is 6.02. The molecule has 6 nitrogen and oxygen atoms in total. The molecule has 0 aliphatic rings. The van der Waals surface area contributed by atoms with Crippen molar-refractivity contribution in [1.29, 1.82) is 0 Å². The third-order valence-electron chi connectivity index (χ3n) is 2.62. The average molecular weight is 266 g/mol. The molecule has 19 heavy (non-hydrogen) atoms. The van der Waals surface area contributed by atoms with E-state index in [1.54, 1.807) is 0 Å². The number of benzene rings is 1. The van der Waals surface area contributed by atoms with Crippen LogP contribution in [0.1, 0.15) is 12.5 Å². The topological polar surface area (TPSA) is 89.9 Å². The number of carbonyl (C=O) groups is 2. The van der Waals surface area contributed by atoms with Crippen molar-refractivity contribution in [2.75, 3.05) is 13.1 Å². The molecule has 0 heterocycles. The van der Waals surface area contributed by atoms with E-state index in [0.717, 1.165) is 5.56 Å². The summed E-state index contributed by atoms with van der Waals surface area (Å²) in [7, 11) is 0. The van der Waals surface area contributed by atoms with Crippen molar-refractivity contribution < 1.29 is 19.8 Å². The Balaban J connectivity index is 2.50. The van der Waals surface area contributed by atoms with Gasteiger partial charge in [-0.1, -0.05) is 30.3 Å². The Morgan fingerprint density at radius 1 is 1.32 bits per heavy atom. The van der Waals surface area contributed by atoms with Gasteiger partial charge in [-0.05, 0) is 12.5 Å². The molecule has 0 saturated carbocycles. The molecule has 1 aromatic rings. The highest BCUT2D eigenvalue weighted by Crippen LogP contribution is 2.04. The number of nitrogens with one attached hydrogen (secondary N) is 1. The molecule has 0 aliphatic heterocycles. The largest absolute Gasteiger partial charge is 0.479 e. The standard InChI is InChI=1S/C13H18N2O4/c1-2-15(9-10-6-4-3-5-7-10)13(19)14-8-11(16)12(17)18/h3-7,11,16H,2,8-9H2,1H3,(H,14,19)(H,17,18)/t11-/m0/s1. The molecule has 1 rings (SSSR count). The second kappa shape index (κ2) is 7.38. The van der Waals surface area contributed by atoms with E-state index >= 15 is 0 Å². The maximum atomic E-state index is 11.8. The zero-order chi connectivity index (χ0) is 14.3. The highest BCUT2D eigenvalue weighted by Gasteiger charge is 2.17. The summed E-state index contributed by atoms with van der Waals surface area (Å²) >= 11 is 0. The first-order valence-corrected chi connectivity index (χ1v) is 6.02. The van der Waals surface area contributed by atoms with Gasteiger partial charge in [-0.25, -0.2) is 9.59 Å². The highest BCUT2D eigenvalue weighted by molar-refractivity contribution is 5.76. The molecule has 0 fully saturated rings. The number of carbonyl (C=O) groups excluding carboxylic acids is 1. The molecule has 0 unspecified atom stereocenters. The van der Waals surface area contributed by atoms with Crippen molar-refractivity contribution in [1.82, 2.24) is 10.2 Å². The van der Waals surface area contributed by atoms with Crippen LogP contribution in [0, 0.1) is 0 Å². The van der Waals surface area contributed by atoms with Crippen LogP contribution in [0.4, 0.5) is 4.79 Å². The van der Waals surface area contributed by atoms with E-state index in [0.29, 0.717) is 13.1 Å². The summed E-state index contributed by atoms with van der Waals surface area (Å²) in [6.45, 7) is 2.45. The normalized spacial score (nSPS) is 11.7. The summed E-state index contributed by atoms with van der Waals surface area (Å²) in [5.41, 5.74) is 0.985. The third kappa shape index (κ3) is 4.97. The second-order valence-corrected chi connectivity index (χ2v) is 4.04. The van der Waals surface area contributed by atoms with Crippen LogP contribution in [0.15, 0.2) is 30.3 Å². The van der Waals surface area contributed by atoms with E-state index in [1.165, 1.54) is 4.90 Å². The Hall–Kier alpha value is -2.08. The van der Waals surface area contributed by atoms with Crippen molar-refractivity contribution in [2.45, 2.75) is 19.6 Å². The van der Waals surface area contributed by atoms with Crippen LogP contribution in [-0.2, 0) is 11.3 Å². The van der Waals surface area contributed by atoms with E-state index in [2.05, 4.69) is 5.32 Å². The van der Waals surface area contributed by atoms with Gasteiger partial charge >= 0.3 is 12.0 Å². The van der Waals surface area contributed by atoms with Crippen LogP contribution < -0.4 is 5.32 Å².